The standard InChI is InChI=1S/C15H16N2OS/c1-11(18)14-10-19-15(16-14)17-8-6-12-4-2-3-5-13(12)7-9-17/h2-5,10H,6-9H2,1H3. The molecular weight excluding hydrogens is 256 g/mol. The first-order chi connectivity index (χ1) is 9.24. The first-order valence-corrected chi connectivity index (χ1v) is 7.40. The highest BCUT2D eigenvalue weighted by Gasteiger charge is 2.17. The Labute approximate surface area is 116 Å². The van der Waals surface area contributed by atoms with E-state index in [4.69, 9.17) is 0 Å². The highest BCUT2D eigenvalue weighted by molar-refractivity contribution is 7.13. The van der Waals surface area contributed by atoms with Crippen molar-refractivity contribution < 1.29 is 4.79 Å². The molecule has 0 N–H and O–H groups in total. The van der Waals surface area contributed by atoms with Gasteiger partial charge >= 0.3 is 0 Å². The van der Waals surface area contributed by atoms with Crippen molar-refractivity contribution in [3.63, 3.8) is 0 Å². The van der Waals surface area contributed by atoms with E-state index in [-0.39, 0.29) is 5.78 Å². The maximum absolute atomic E-state index is 11.3. The molecule has 1 aliphatic heterocycles. The van der Waals surface area contributed by atoms with Crippen molar-refractivity contribution in [3.8, 4) is 0 Å². The van der Waals surface area contributed by atoms with Crippen LogP contribution in [0.4, 0.5) is 5.13 Å². The molecule has 2 heterocycles. The number of hydrogen-bond acceptors (Lipinski definition) is 4. The van der Waals surface area contributed by atoms with Gasteiger partial charge in [-0.25, -0.2) is 4.98 Å². The van der Waals surface area contributed by atoms with Crippen LogP contribution in [0.5, 0.6) is 0 Å². The van der Waals surface area contributed by atoms with E-state index >= 15 is 0 Å². The van der Waals surface area contributed by atoms with Crippen LogP contribution in [0.15, 0.2) is 29.6 Å². The minimum atomic E-state index is 0.0422. The largest absolute Gasteiger partial charge is 0.347 e. The molecule has 0 atom stereocenters. The van der Waals surface area contributed by atoms with Gasteiger partial charge in [0.05, 0.1) is 0 Å². The zero-order valence-corrected chi connectivity index (χ0v) is 11.7. The number of thiazole rings is 1. The van der Waals surface area contributed by atoms with Crippen LogP contribution in [0.2, 0.25) is 0 Å². The lowest BCUT2D eigenvalue weighted by Gasteiger charge is -2.18. The van der Waals surface area contributed by atoms with Crippen molar-refractivity contribution in [2.45, 2.75) is 19.8 Å². The zero-order valence-electron chi connectivity index (χ0n) is 10.9. The van der Waals surface area contributed by atoms with Crippen molar-refractivity contribution in [1.82, 2.24) is 4.98 Å². The van der Waals surface area contributed by atoms with Gasteiger partial charge in [0.25, 0.3) is 0 Å². The summed E-state index contributed by atoms with van der Waals surface area (Å²) in [6, 6.07) is 8.63. The molecule has 2 aromatic rings. The highest BCUT2D eigenvalue weighted by Crippen LogP contribution is 2.24. The molecule has 0 aliphatic carbocycles. The van der Waals surface area contributed by atoms with E-state index < -0.39 is 0 Å². The number of rotatable bonds is 2. The van der Waals surface area contributed by atoms with Crippen LogP contribution in [0.1, 0.15) is 28.5 Å². The van der Waals surface area contributed by atoms with Crippen LogP contribution in [0.25, 0.3) is 0 Å². The minimum Gasteiger partial charge on any atom is -0.347 e. The second kappa shape index (κ2) is 5.13. The number of hydrogen-bond donors (Lipinski definition) is 0. The van der Waals surface area contributed by atoms with E-state index in [2.05, 4.69) is 34.1 Å². The Morgan fingerprint density at radius 1 is 1.21 bits per heavy atom. The lowest BCUT2D eigenvalue weighted by atomic mass is 10.0. The van der Waals surface area contributed by atoms with Gasteiger partial charge in [-0.1, -0.05) is 24.3 Å². The molecule has 0 bridgehead atoms. The Kier molecular flexibility index (Phi) is 3.34. The number of benzene rings is 1. The number of fused-ring (bicyclic) bond motifs is 1. The third-order valence-corrected chi connectivity index (χ3v) is 4.45. The van der Waals surface area contributed by atoms with Crippen molar-refractivity contribution in [2.75, 3.05) is 18.0 Å². The Bertz CT molecular complexity index is 579. The van der Waals surface area contributed by atoms with E-state index in [1.165, 1.54) is 11.1 Å². The van der Waals surface area contributed by atoms with Crippen LogP contribution in [-0.2, 0) is 12.8 Å². The predicted molar refractivity (Wildman–Crippen MR) is 78.2 cm³/mol. The molecular formula is C15H16N2OS. The normalized spacial score (nSPS) is 14.9. The molecule has 1 aromatic carbocycles. The first kappa shape index (κ1) is 12.4. The van der Waals surface area contributed by atoms with Gasteiger partial charge in [0.1, 0.15) is 5.69 Å². The summed E-state index contributed by atoms with van der Waals surface area (Å²) in [4.78, 5) is 18.0. The number of carbonyl (C=O) groups excluding carboxylic acids is 1. The quantitative estimate of drug-likeness (QED) is 0.788. The van der Waals surface area contributed by atoms with Crippen LogP contribution in [-0.4, -0.2) is 23.9 Å². The van der Waals surface area contributed by atoms with Crippen molar-refractivity contribution >= 4 is 22.3 Å². The highest BCUT2D eigenvalue weighted by atomic mass is 32.1. The summed E-state index contributed by atoms with van der Waals surface area (Å²) in [7, 11) is 0. The van der Waals surface area contributed by atoms with Crippen LogP contribution < -0.4 is 4.90 Å². The first-order valence-electron chi connectivity index (χ1n) is 6.52. The average molecular weight is 272 g/mol. The van der Waals surface area contributed by atoms with Gasteiger partial charge in [-0.2, -0.15) is 0 Å². The third-order valence-electron chi connectivity index (χ3n) is 3.54. The monoisotopic (exact) mass is 272 g/mol. The molecule has 98 valence electrons. The molecule has 0 saturated heterocycles. The summed E-state index contributed by atoms with van der Waals surface area (Å²) in [6.07, 6.45) is 2.09. The number of aromatic nitrogens is 1. The summed E-state index contributed by atoms with van der Waals surface area (Å²) in [5, 5.41) is 2.83. The van der Waals surface area contributed by atoms with E-state index in [9.17, 15) is 4.79 Å². The number of ketones is 1. The van der Waals surface area contributed by atoms with Gasteiger partial charge in [-0.3, -0.25) is 4.79 Å². The van der Waals surface area contributed by atoms with Gasteiger partial charge < -0.3 is 4.90 Å². The van der Waals surface area contributed by atoms with Crippen molar-refractivity contribution in [1.29, 1.82) is 0 Å². The average Bonchev–Trinajstić information content (AvgIpc) is 2.80. The molecule has 0 amide bonds. The third kappa shape index (κ3) is 2.54. The lowest BCUT2D eigenvalue weighted by molar-refractivity contribution is 0.101. The fourth-order valence-corrected chi connectivity index (χ4v) is 3.35. The fraction of sp³-hybridized carbons (Fsp3) is 0.333. The number of carbonyl (C=O) groups is 1. The minimum absolute atomic E-state index is 0.0422. The van der Waals surface area contributed by atoms with Crippen LogP contribution in [0, 0.1) is 0 Å². The Morgan fingerprint density at radius 3 is 2.37 bits per heavy atom. The van der Waals surface area contributed by atoms with Crippen molar-refractivity contribution in [3.05, 3.63) is 46.5 Å². The second-order valence-corrected chi connectivity index (χ2v) is 5.66. The Hall–Kier alpha value is -1.68. The fourth-order valence-electron chi connectivity index (χ4n) is 2.43. The molecule has 3 nitrogen and oxygen atoms in total. The second-order valence-electron chi connectivity index (χ2n) is 4.83. The molecule has 0 spiro atoms. The summed E-state index contributed by atoms with van der Waals surface area (Å²) in [6.45, 7) is 3.51. The predicted octanol–water partition coefficient (Wildman–Crippen LogP) is 2.95. The topological polar surface area (TPSA) is 33.2 Å². The smallest absolute Gasteiger partial charge is 0.185 e. The molecule has 19 heavy (non-hydrogen) atoms. The Morgan fingerprint density at radius 2 is 1.84 bits per heavy atom. The molecule has 0 unspecified atom stereocenters. The van der Waals surface area contributed by atoms with E-state index in [0.29, 0.717) is 5.69 Å². The van der Waals surface area contributed by atoms with Gasteiger partial charge in [-0.15, -0.1) is 11.3 Å². The molecule has 4 heteroatoms. The number of anilines is 1. The van der Waals surface area contributed by atoms with Gasteiger partial charge in [-0.05, 0) is 24.0 Å². The van der Waals surface area contributed by atoms with E-state index in [0.717, 1.165) is 31.1 Å². The molecule has 0 radical (unpaired) electrons. The maximum atomic E-state index is 11.3. The van der Waals surface area contributed by atoms with Gasteiger partial charge in [0.15, 0.2) is 10.9 Å². The van der Waals surface area contributed by atoms with Crippen molar-refractivity contribution in [2.24, 2.45) is 0 Å². The summed E-state index contributed by atoms with van der Waals surface area (Å²) < 4.78 is 0. The Balaban J connectivity index is 1.79. The zero-order chi connectivity index (χ0) is 13.2. The SMILES string of the molecule is CC(=O)c1csc(N2CCc3ccccc3CC2)n1. The number of nitrogens with zero attached hydrogens (tertiary/aromatic N) is 2. The maximum Gasteiger partial charge on any atom is 0.185 e. The lowest BCUT2D eigenvalue weighted by Crippen LogP contribution is -2.25. The van der Waals surface area contributed by atoms with Gasteiger partial charge in [0, 0.05) is 25.4 Å². The molecule has 0 fully saturated rings. The van der Waals surface area contributed by atoms with E-state index in [1.807, 2.05) is 5.38 Å². The summed E-state index contributed by atoms with van der Waals surface area (Å²) >= 11 is 1.57. The summed E-state index contributed by atoms with van der Waals surface area (Å²) in [5.41, 5.74) is 3.46. The molecule has 0 saturated carbocycles. The number of Topliss-reactive ketones (excluding diaryl/α,β-unsaturated/α-hetero) is 1. The van der Waals surface area contributed by atoms with Crippen LogP contribution in [0.3, 0.4) is 0 Å². The molecule has 3 rings (SSSR count). The molecule has 1 aromatic heterocycles. The van der Waals surface area contributed by atoms with Crippen LogP contribution >= 0.6 is 11.3 Å². The summed E-state index contributed by atoms with van der Waals surface area (Å²) in [5.74, 6) is 0.0422. The van der Waals surface area contributed by atoms with Gasteiger partial charge in [0.2, 0.25) is 0 Å². The molecule has 1 aliphatic rings. The van der Waals surface area contributed by atoms with E-state index in [1.54, 1.807) is 18.3 Å².